The normalized spacial score (nSPS) is 22.5. The lowest BCUT2D eigenvalue weighted by Gasteiger charge is -2.25. The number of ether oxygens (including phenoxy) is 1. The minimum Gasteiger partial charge on any atom is -0.488 e. The summed E-state index contributed by atoms with van der Waals surface area (Å²) in [6.07, 6.45) is 4.65. The van der Waals surface area contributed by atoms with Crippen molar-refractivity contribution in [2.75, 3.05) is 36.0 Å². The first kappa shape index (κ1) is 18.6. The van der Waals surface area contributed by atoms with Crippen LogP contribution in [-0.4, -0.2) is 53.5 Å². The van der Waals surface area contributed by atoms with Crippen LogP contribution in [0.2, 0.25) is 10.0 Å². The third kappa shape index (κ3) is 4.08. The first-order chi connectivity index (χ1) is 13.1. The van der Waals surface area contributed by atoms with Crippen LogP contribution < -0.4 is 14.5 Å². The Morgan fingerprint density at radius 3 is 2.74 bits per heavy atom. The van der Waals surface area contributed by atoms with Crippen molar-refractivity contribution in [3.63, 3.8) is 0 Å². The van der Waals surface area contributed by atoms with Crippen LogP contribution in [0.5, 0.6) is 5.75 Å². The fourth-order valence-corrected chi connectivity index (χ4v) is 4.06. The van der Waals surface area contributed by atoms with Crippen molar-refractivity contribution in [1.29, 1.82) is 0 Å². The van der Waals surface area contributed by atoms with E-state index in [-0.39, 0.29) is 18.8 Å². The molecule has 2 saturated heterocycles. The molecule has 27 heavy (non-hydrogen) atoms. The second-order valence-corrected chi connectivity index (χ2v) is 7.77. The molecule has 6 nitrogen and oxygen atoms in total. The topological polar surface area (TPSA) is 61.7 Å². The summed E-state index contributed by atoms with van der Waals surface area (Å²) in [6.45, 7) is 2.69. The standard InChI is InChI=1S/C19H22Cl2N4O2/c20-16-4-3-14(8-17(16)21)27-15-5-7-24(10-15)18-9-19(23-12-22-18)25-6-1-2-13(25)11-26/h3-4,8-9,12-13,15,26H,1-2,5-7,10-11H2. The number of aromatic nitrogens is 2. The summed E-state index contributed by atoms with van der Waals surface area (Å²) in [5.74, 6) is 2.50. The highest BCUT2D eigenvalue weighted by Crippen LogP contribution is 2.30. The molecule has 0 spiro atoms. The van der Waals surface area contributed by atoms with Crippen LogP contribution in [0.1, 0.15) is 19.3 Å². The van der Waals surface area contributed by atoms with Gasteiger partial charge in [0.15, 0.2) is 0 Å². The lowest BCUT2D eigenvalue weighted by molar-refractivity contribution is 0.225. The van der Waals surface area contributed by atoms with E-state index in [1.165, 1.54) is 0 Å². The third-order valence-corrected chi connectivity index (χ3v) is 5.92. The van der Waals surface area contributed by atoms with Gasteiger partial charge in [0.05, 0.1) is 29.2 Å². The lowest BCUT2D eigenvalue weighted by Crippen LogP contribution is -2.33. The van der Waals surface area contributed by atoms with Crippen LogP contribution in [-0.2, 0) is 0 Å². The Morgan fingerprint density at radius 1 is 1.07 bits per heavy atom. The molecular formula is C19H22Cl2N4O2. The van der Waals surface area contributed by atoms with Gasteiger partial charge in [0.1, 0.15) is 29.8 Å². The molecule has 0 bridgehead atoms. The zero-order chi connectivity index (χ0) is 18.8. The van der Waals surface area contributed by atoms with E-state index in [2.05, 4.69) is 19.8 Å². The molecule has 3 heterocycles. The number of nitrogens with zero attached hydrogens (tertiary/aromatic N) is 4. The molecule has 2 aliphatic heterocycles. The number of aliphatic hydroxyl groups excluding tert-OH is 1. The van der Waals surface area contributed by atoms with Crippen molar-refractivity contribution in [3.05, 3.63) is 40.6 Å². The van der Waals surface area contributed by atoms with Gasteiger partial charge in [-0.15, -0.1) is 0 Å². The first-order valence-corrected chi connectivity index (χ1v) is 9.96. The molecular weight excluding hydrogens is 387 g/mol. The Labute approximate surface area is 168 Å². The van der Waals surface area contributed by atoms with Gasteiger partial charge < -0.3 is 19.6 Å². The van der Waals surface area contributed by atoms with Crippen LogP contribution in [0.4, 0.5) is 11.6 Å². The monoisotopic (exact) mass is 408 g/mol. The van der Waals surface area contributed by atoms with Gasteiger partial charge >= 0.3 is 0 Å². The van der Waals surface area contributed by atoms with Gasteiger partial charge in [0.25, 0.3) is 0 Å². The molecule has 2 fully saturated rings. The Balaban J connectivity index is 1.43. The van der Waals surface area contributed by atoms with E-state index >= 15 is 0 Å². The molecule has 0 saturated carbocycles. The van der Waals surface area contributed by atoms with E-state index in [9.17, 15) is 5.11 Å². The number of halogens is 2. The molecule has 1 aromatic carbocycles. The molecule has 4 rings (SSSR count). The smallest absolute Gasteiger partial charge is 0.134 e. The fraction of sp³-hybridized carbons (Fsp3) is 0.474. The lowest BCUT2D eigenvalue weighted by atomic mass is 10.2. The van der Waals surface area contributed by atoms with Crippen molar-refractivity contribution < 1.29 is 9.84 Å². The van der Waals surface area contributed by atoms with Gasteiger partial charge in [0, 0.05) is 31.6 Å². The van der Waals surface area contributed by atoms with Crippen molar-refractivity contribution in [2.24, 2.45) is 0 Å². The maximum Gasteiger partial charge on any atom is 0.134 e. The third-order valence-electron chi connectivity index (χ3n) is 5.18. The molecule has 2 atom stereocenters. The molecule has 2 aliphatic rings. The summed E-state index contributed by atoms with van der Waals surface area (Å²) >= 11 is 12.0. The summed E-state index contributed by atoms with van der Waals surface area (Å²) in [4.78, 5) is 13.2. The van der Waals surface area contributed by atoms with E-state index in [1.807, 2.05) is 12.1 Å². The molecule has 2 aromatic rings. The van der Waals surface area contributed by atoms with Gasteiger partial charge in [-0.3, -0.25) is 0 Å². The average Bonchev–Trinajstić information content (AvgIpc) is 3.34. The fourth-order valence-electron chi connectivity index (χ4n) is 3.77. The van der Waals surface area contributed by atoms with Crippen molar-refractivity contribution in [3.8, 4) is 5.75 Å². The number of aliphatic hydroxyl groups is 1. The number of hydrogen-bond donors (Lipinski definition) is 1. The molecule has 0 aliphatic carbocycles. The average molecular weight is 409 g/mol. The number of hydrogen-bond acceptors (Lipinski definition) is 6. The van der Waals surface area contributed by atoms with Crippen molar-refractivity contribution in [2.45, 2.75) is 31.4 Å². The maximum atomic E-state index is 9.56. The molecule has 1 N–H and O–H groups in total. The summed E-state index contributed by atoms with van der Waals surface area (Å²) in [7, 11) is 0. The molecule has 1 aromatic heterocycles. The van der Waals surface area contributed by atoms with Gasteiger partial charge in [-0.2, -0.15) is 0 Å². The van der Waals surface area contributed by atoms with Gasteiger partial charge in [-0.05, 0) is 25.0 Å². The Kier molecular flexibility index (Phi) is 5.57. The number of benzene rings is 1. The highest BCUT2D eigenvalue weighted by molar-refractivity contribution is 6.42. The molecule has 2 unspecified atom stereocenters. The van der Waals surface area contributed by atoms with Crippen molar-refractivity contribution >= 4 is 34.8 Å². The van der Waals surface area contributed by atoms with E-state index in [0.717, 1.165) is 56.3 Å². The SMILES string of the molecule is OCC1CCCN1c1cc(N2CCC(Oc3ccc(Cl)c(Cl)c3)C2)ncn1. The zero-order valence-corrected chi connectivity index (χ0v) is 16.4. The Morgan fingerprint density at radius 2 is 1.93 bits per heavy atom. The minimum absolute atomic E-state index is 0.0673. The van der Waals surface area contributed by atoms with Crippen LogP contribution in [0.3, 0.4) is 0 Å². The number of anilines is 2. The first-order valence-electron chi connectivity index (χ1n) is 9.20. The van der Waals surface area contributed by atoms with Crippen LogP contribution in [0.15, 0.2) is 30.6 Å². The predicted molar refractivity (Wildman–Crippen MR) is 107 cm³/mol. The van der Waals surface area contributed by atoms with Gasteiger partial charge in [-0.25, -0.2) is 9.97 Å². The Bertz CT molecular complexity index is 807. The summed E-state index contributed by atoms with van der Waals surface area (Å²) in [6, 6.07) is 7.49. The van der Waals surface area contributed by atoms with E-state index in [1.54, 1.807) is 18.5 Å². The van der Waals surface area contributed by atoms with Crippen LogP contribution in [0.25, 0.3) is 0 Å². The predicted octanol–water partition coefficient (Wildman–Crippen LogP) is 3.40. The highest BCUT2D eigenvalue weighted by Gasteiger charge is 2.28. The summed E-state index contributed by atoms with van der Waals surface area (Å²) in [5.41, 5.74) is 0. The molecule has 8 heteroatoms. The summed E-state index contributed by atoms with van der Waals surface area (Å²) in [5, 5.41) is 10.6. The number of rotatable bonds is 5. The summed E-state index contributed by atoms with van der Waals surface area (Å²) < 4.78 is 6.06. The van der Waals surface area contributed by atoms with Gasteiger partial charge in [0.2, 0.25) is 0 Å². The quantitative estimate of drug-likeness (QED) is 0.817. The molecule has 0 amide bonds. The van der Waals surface area contributed by atoms with E-state index < -0.39 is 0 Å². The largest absolute Gasteiger partial charge is 0.488 e. The van der Waals surface area contributed by atoms with Crippen LogP contribution in [0, 0.1) is 0 Å². The van der Waals surface area contributed by atoms with E-state index in [0.29, 0.717) is 10.0 Å². The molecule has 144 valence electrons. The maximum absolute atomic E-state index is 9.56. The second kappa shape index (κ2) is 8.09. The highest BCUT2D eigenvalue weighted by atomic mass is 35.5. The zero-order valence-electron chi connectivity index (χ0n) is 14.9. The van der Waals surface area contributed by atoms with Gasteiger partial charge in [-0.1, -0.05) is 23.2 Å². The van der Waals surface area contributed by atoms with Crippen molar-refractivity contribution in [1.82, 2.24) is 9.97 Å². The minimum atomic E-state index is 0.0673. The van der Waals surface area contributed by atoms with Crippen LogP contribution >= 0.6 is 23.2 Å². The second-order valence-electron chi connectivity index (χ2n) is 6.96. The Hall–Kier alpha value is -1.76. The molecule has 0 radical (unpaired) electrons. The van der Waals surface area contributed by atoms with E-state index in [4.69, 9.17) is 27.9 Å².